The minimum atomic E-state index is -2.70. The minimum absolute atomic E-state index is 0.118. The Morgan fingerprint density at radius 1 is 1.20 bits per heavy atom. The van der Waals surface area contributed by atoms with Crippen LogP contribution in [0.1, 0.15) is 46.4 Å². The number of carbonyl (C=O) groups excluding carboxylic acids is 2. The highest BCUT2D eigenvalue weighted by atomic mass is 19.3. The van der Waals surface area contributed by atoms with Crippen LogP contribution in [0.15, 0.2) is 24.3 Å². The van der Waals surface area contributed by atoms with Gasteiger partial charge in [-0.1, -0.05) is 0 Å². The van der Waals surface area contributed by atoms with Gasteiger partial charge in [0.05, 0.1) is 0 Å². The molecule has 1 aliphatic rings. The zero-order valence-corrected chi connectivity index (χ0v) is 10.9. The molecule has 0 radical (unpaired) electrons. The van der Waals surface area contributed by atoms with E-state index in [-0.39, 0.29) is 12.8 Å². The summed E-state index contributed by atoms with van der Waals surface area (Å²) in [7, 11) is 0. The summed E-state index contributed by atoms with van der Waals surface area (Å²) in [4.78, 5) is 22.8. The molecule has 108 valence electrons. The van der Waals surface area contributed by atoms with Crippen LogP contribution in [0.5, 0.6) is 0 Å². The van der Waals surface area contributed by atoms with Crippen LogP contribution in [0.4, 0.5) is 8.78 Å². The number of alkyl halides is 2. The molecule has 1 atom stereocenters. The van der Waals surface area contributed by atoms with Crippen molar-refractivity contribution in [2.24, 2.45) is 5.73 Å². The number of nitrogens with one attached hydrogen (secondary N) is 1. The first-order valence-corrected chi connectivity index (χ1v) is 6.46. The number of benzene rings is 1. The fourth-order valence-electron chi connectivity index (χ4n) is 2.35. The van der Waals surface area contributed by atoms with Crippen molar-refractivity contribution in [3.8, 4) is 0 Å². The van der Waals surface area contributed by atoms with E-state index >= 15 is 0 Å². The van der Waals surface area contributed by atoms with E-state index in [9.17, 15) is 18.4 Å². The van der Waals surface area contributed by atoms with Gasteiger partial charge in [0.1, 0.15) is 0 Å². The van der Waals surface area contributed by atoms with E-state index in [1.54, 1.807) is 0 Å². The summed E-state index contributed by atoms with van der Waals surface area (Å²) >= 11 is 0. The van der Waals surface area contributed by atoms with E-state index < -0.39 is 23.8 Å². The first-order valence-electron chi connectivity index (χ1n) is 6.46. The maximum Gasteiger partial charge on any atom is 0.251 e. The summed E-state index contributed by atoms with van der Waals surface area (Å²) < 4.78 is 26.5. The topological polar surface area (TPSA) is 72.2 Å². The lowest BCUT2D eigenvalue weighted by Gasteiger charge is -2.29. The molecule has 1 unspecified atom stereocenters. The maximum absolute atomic E-state index is 13.2. The van der Waals surface area contributed by atoms with Crippen LogP contribution >= 0.6 is 0 Å². The average molecular weight is 282 g/mol. The van der Waals surface area contributed by atoms with Gasteiger partial charge in [0.15, 0.2) is 0 Å². The molecule has 1 fully saturated rings. The summed E-state index contributed by atoms with van der Waals surface area (Å²) in [6, 6.07) is 5.27. The highest BCUT2D eigenvalue weighted by Crippen LogP contribution is 2.33. The van der Waals surface area contributed by atoms with E-state index in [0.717, 1.165) is 0 Å². The lowest BCUT2D eigenvalue weighted by Crippen LogP contribution is -2.42. The van der Waals surface area contributed by atoms with E-state index in [4.69, 9.17) is 5.73 Å². The predicted molar refractivity (Wildman–Crippen MR) is 69.6 cm³/mol. The Kier molecular flexibility index (Phi) is 4.01. The number of amides is 2. The number of rotatable bonds is 3. The van der Waals surface area contributed by atoms with Gasteiger partial charge in [0.2, 0.25) is 11.8 Å². The molecule has 0 aromatic heterocycles. The molecule has 20 heavy (non-hydrogen) atoms. The number of nitrogens with two attached hydrogens (primary N) is 1. The standard InChI is InChI=1S/C14H16F2N2O2/c15-14(16)7-1-2-11(8-14)18-13(20)10-5-3-9(4-6-10)12(17)19/h3-6,11H,1-2,7-8H2,(H2,17,19)(H,18,20). The Hall–Kier alpha value is -1.98. The number of hydrogen-bond donors (Lipinski definition) is 2. The van der Waals surface area contributed by atoms with E-state index in [1.165, 1.54) is 24.3 Å². The lowest BCUT2D eigenvalue weighted by atomic mass is 9.92. The van der Waals surface area contributed by atoms with Crippen molar-refractivity contribution < 1.29 is 18.4 Å². The van der Waals surface area contributed by atoms with Crippen LogP contribution < -0.4 is 11.1 Å². The lowest BCUT2D eigenvalue weighted by molar-refractivity contribution is -0.0429. The fourth-order valence-corrected chi connectivity index (χ4v) is 2.35. The molecule has 0 heterocycles. The van der Waals surface area contributed by atoms with Crippen molar-refractivity contribution in [2.45, 2.75) is 37.6 Å². The first-order chi connectivity index (χ1) is 9.37. The summed E-state index contributed by atoms with van der Waals surface area (Å²) in [5, 5.41) is 2.60. The van der Waals surface area contributed by atoms with Gasteiger partial charge >= 0.3 is 0 Å². The summed E-state index contributed by atoms with van der Waals surface area (Å²) in [5.74, 6) is -3.70. The summed E-state index contributed by atoms with van der Waals surface area (Å²) in [5.41, 5.74) is 5.72. The third-order valence-electron chi connectivity index (χ3n) is 3.41. The van der Waals surface area contributed by atoms with E-state index in [0.29, 0.717) is 24.0 Å². The Morgan fingerprint density at radius 2 is 1.80 bits per heavy atom. The molecule has 3 N–H and O–H groups in total. The van der Waals surface area contributed by atoms with E-state index in [2.05, 4.69) is 5.32 Å². The molecule has 2 amide bonds. The van der Waals surface area contributed by atoms with Gasteiger partial charge in [0.25, 0.3) is 5.91 Å². The monoisotopic (exact) mass is 282 g/mol. The fraction of sp³-hybridized carbons (Fsp3) is 0.429. The Balaban J connectivity index is 1.99. The molecule has 1 aromatic rings. The molecule has 0 spiro atoms. The number of halogens is 2. The smallest absolute Gasteiger partial charge is 0.251 e. The summed E-state index contributed by atoms with van der Waals surface area (Å²) in [6.45, 7) is 0. The third-order valence-corrected chi connectivity index (χ3v) is 3.41. The Bertz CT molecular complexity index is 514. The second kappa shape index (κ2) is 5.56. The molecule has 0 saturated heterocycles. The second-order valence-corrected chi connectivity index (χ2v) is 5.06. The molecule has 1 aliphatic carbocycles. The van der Waals surface area contributed by atoms with Gasteiger partial charge in [-0.15, -0.1) is 0 Å². The van der Waals surface area contributed by atoms with Crippen LogP contribution in [0.3, 0.4) is 0 Å². The molecular formula is C14H16F2N2O2. The van der Waals surface area contributed by atoms with Crippen LogP contribution in [0.25, 0.3) is 0 Å². The second-order valence-electron chi connectivity index (χ2n) is 5.06. The average Bonchev–Trinajstić information content (AvgIpc) is 2.37. The van der Waals surface area contributed by atoms with Crippen LogP contribution in [0, 0.1) is 0 Å². The highest BCUT2D eigenvalue weighted by Gasteiger charge is 2.36. The third kappa shape index (κ3) is 3.53. The van der Waals surface area contributed by atoms with Crippen molar-refractivity contribution in [3.05, 3.63) is 35.4 Å². The predicted octanol–water partition coefficient (Wildman–Crippen LogP) is 2.09. The largest absolute Gasteiger partial charge is 0.366 e. The number of carbonyl (C=O) groups is 2. The normalized spacial score (nSPS) is 21.2. The molecule has 4 nitrogen and oxygen atoms in total. The van der Waals surface area contributed by atoms with Crippen LogP contribution in [-0.4, -0.2) is 23.8 Å². The molecule has 1 saturated carbocycles. The molecular weight excluding hydrogens is 266 g/mol. The highest BCUT2D eigenvalue weighted by molar-refractivity contribution is 5.97. The van der Waals surface area contributed by atoms with Crippen LogP contribution in [0.2, 0.25) is 0 Å². The minimum Gasteiger partial charge on any atom is -0.366 e. The van der Waals surface area contributed by atoms with Gasteiger partial charge in [0, 0.05) is 30.0 Å². The Labute approximate surface area is 115 Å². The van der Waals surface area contributed by atoms with Gasteiger partial charge in [-0.05, 0) is 37.1 Å². The van der Waals surface area contributed by atoms with Crippen molar-refractivity contribution in [2.75, 3.05) is 0 Å². The Morgan fingerprint density at radius 3 is 2.35 bits per heavy atom. The van der Waals surface area contributed by atoms with Gasteiger partial charge < -0.3 is 11.1 Å². The van der Waals surface area contributed by atoms with Gasteiger partial charge in [-0.25, -0.2) is 8.78 Å². The van der Waals surface area contributed by atoms with Crippen molar-refractivity contribution in [3.63, 3.8) is 0 Å². The first kappa shape index (κ1) is 14.4. The number of primary amides is 1. The van der Waals surface area contributed by atoms with Gasteiger partial charge in [-0.3, -0.25) is 9.59 Å². The maximum atomic E-state index is 13.2. The molecule has 6 heteroatoms. The van der Waals surface area contributed by atoms with Crippen molar-refractivity contribution >= 4 is 11.8 Å². The number of hydrogen-bond acceptors (Lipinski definition) is 2. The molecule has 0 aliphatic heterocycles. The van der Waals surface area contributed by atoms with Crippen molar-refractivity contribution in [1.29, 1.82) is 0 Å². The molecule has 0 bridgehead atoms. The quantitative estimate of drug-likeness (QED) is 0.891. The van der Waals surface area contributed by atoms with Crippen molar-refractivity contribution in [1.82, 2.24) is 5.32 Å². The molecule has 2 rings (SSSR count). The van der Waals surface area contributed by atoms with Crippen LogP contribution in [-0.2, 0) is 0 Å². The summed E-state index contributed by atoms with van der Waals surface area (Å²) in [6.07, 6.45) is 0.518. The van der Waals surface area contributed by atoms with E-state index in [1.807, 2.05) is 0 Å². The zero-order valence-electron chi connectivity index (χ0n) is 10.9. The molecule has 1 aromatic carbocycles. The van der Waals surface area contributed by atoms with Gasteiger partial charge in [-0.2, -0.15) is 0 Å². The zero-order chi connectivity index (χ0) is 14.8. The SMILES string of the molecule is NC(=O)c1ccc(C(=O)NC2CCCC(F)(F)C2)cc1.